The van der Waals surface area contributed by atoms with Crippen LogP contribution in [0.4, 0.5) is 0 Å². The third kappa shape index (κ3) is 1.95. The average Bonchev–Trinajstić information content (AvgIpc) is 2.74. The summed E-state index contributed by atoms with van der Waals surface area (Å²) in [5.74, 6) is 0. The normalized spacial score (nSPS) is 10.0. The molecular weight excluding hydrogens is 273 g/mol. The number of aromatic nitrogens is 2. The van der Waals surface area contributed by atoms with Crippen molar-refractivity contribution in [2.24, 2.45) is 0 Å². The summed E-state index contributed by atoms with van der Waals surface area (Å²) in [4.78, 5) is 4.21. The number of fused-ring (bicyclic) bond motifs is 1. The Hall–Kier alpha value is -0.986. The van der Waals surface area contributed by atoms with Gasteiger partial charge in [-0.25, -0.2) is 6.07 Å². The molecule has 3 rings (SSSR count). The molecule has 0 atom stereocenters. The van der Waals surface area contributed by atoms with Crippen LogP contribution in [0.2, 0.25) is 0 Å². The summed E-state index contributed by atoms with van der Waals surface area (Å²) >= 11 is 0. The zero-order valence-corrected chi connectivity index (χ0v) is 11.4. The number of nitrogens with zero attached hydrogens (tertiary/aromatic N) is 2. The van der Waals surface area contributed by atoms with Gasteiger partial charge in [0.05, 0.1) is 0 Å². The topological polar surface area (TPSA) is 17.8 Å². The minimum Gasteiger partial charge on any atom is -0.448 e. The van der Waals surface area contributed by atoms with Crippen LogP contribution in [0.1, 0.15) is 0 Å². The van der Waals surface area contributed by atoms with Crippen LogP contribution >= 0.6 is 0 Å². The molecule has 2 aromatic carbocycles. The molecule has 0 bridgehead atoms. The molecule has 0 aliphatic rings. The van der Waals surface area contributed by atoms with E-state index in [1.807, 2.05) is 53.1 Å². The molecule has 1 aromatic heterocycles. The molecule has 3 aromatic rings. The van der Waals surface area contributed by atoms with Gasteiger partial charge in [0, 0.05) is 39.0 Å². The fourth-order valence-corrected chi connectivity index (χ4v) is 1.61. The molecule has 0 fully saturated rings. The van der Waals surface area contributed by atoms with Crippen molar-refractivity contribution in [3.8, 4) is 5.69 Å². The zero-order chi connectivity index (χ0) is 10.1. The van der Waals surface area contributed by atoms with E-state index < -0.39 is 0 Å². The van der Waals surface area contributed by atoms with Crippen LogP contribution in [-0.2, 0) is 32.7 Å². The maximum absolute atomic E-state index is 4.21. The van der Waals surface area contributed by atoms with Gasteiger partial charge >= 0.3 is 0 Å². The van der Waals surface area contributed by atoms with Gasteiger partial charge in [-0.05, 0) is 5.52 Å². The summed E-state index contributed by atoms with van der Waals surface area (Å²) in [6.07, 6.45) is 2.97. The number of benzene rings is 2. The van der Waals surface area contributed by atoms with E-state index in [1.165, 1.54) is 0 Å². The number of hydrogen-bond donors (Lipinski definition) is 0. The first-order chi connectivity index (χ1) is 7.45. The summed E-state index contributed by atoms with van der Waals surface area (Å²) in [5.41, 5.74) is 2.97. The fraction of sp³-hybridized carbons (Fsp3) is 0. The number of hydrogen-bond acceptors (Lipinski definition) is 1. The second-order valence-electron chi connectivity index (χ2n) is 3.28. The molecular formula is C13H8N2Y-2. The molecule has 1 radical (unpaired) electrons. The van der Waals surface area contributed by atoms with Crippen molar-refractivity contribution >= 4 is 11.0 Å². The van der Waals surface area contributed by atoms with Gasteiger partial charge in [0.15, 0.2) is 0 Å². The van der Waals surface area contributed by atoms with E-state index in [1.54, 1.807) is 0 Å². The summed E-state index contributed by atoms with van der Waals surface area (Å²) in [6.45, 7) is 0. The first-order valence-corrected chi connectivity index (χ1v) is 4.77. The molecule has 0 aliphatic carbocycles. The van der Waals surface area contributed by atoms with Crippen LogP contribution < -0.4 is 0 Å². The van der Waals surface area contributed by atoms with E-state index in [9.17, 15) is 0 Å². The Bertz CT molecular complexity index is 587. The molecule has 75 valence electrons. The predicted molar refractivity (Wildman–Crippen MR) is 58.7 cm³/mol. The standard InChI is InChI=1S/C13H8N2.Y/c1-2-6-11(7-3-1)15-10-14-12-8-4-5-9-13(12)15;/h1-6,8-9H;/q-2;. The van der Waals surface area contributed by atoms with E-state index >= 15 is 0 Å². The number of rotatable bonds is 1. The van der Waals surface area contributed by atoms with Crippen LogP contribution in [0.5, 0.6) is 0 Å². The second-order valence-corrected chi connectivity index (χ2v) is 3.28. The molecule has 0 saturated heterocycles. The summed E-state index contributed by atoms with van der Waals surface area (Å²) in [6, 6.07) is 18.9. The molecule has 0 unspecified atom stereocenters. The first-order valence-electron chi connectivity index (χ1n) is 4.77. The van der Waals surface area contributed by atoms with Crippen molar-refractivity contribution < 1.29 is 32.7 Å². The maximum atomic E-state index is 4.21. The second kappa shape index (κ2) is 4.90. The predicted octanol–water partition coefficient (Wildman–Crippen LogP) is 2.62. The van der Waals surface area contributed by atoms with Crippen LogP contribution in [0, 0.1) is 12.4 Å². The number of imidazole rings is 1. The molecule has 0 saturated carbocycles. The van der Waals surface area contributed by atoms with E-state index in [4.69, 9.17) is 0 Å². The molecule has 0 N–H and O–H groups in total. The van der Waals surface area contributed by atoms with Crippen molar-refractivity contribution in [1.29, 1.82) is 0 Å². The molecule has 0 amide bonds. The van der Waals surface area contributed by atoms with Gasteiger partial charge in [0.25, 0.3) is 0 Å². The van der Waals surface area contributed by atoms with Crippen molar-refractivity contribution in [3.63, 3.8) is 0 Å². The van der Waals surface area contributed by atoms with Crippen LogP contribution in [0.25, 0.3) is 16.7 Å². The minimum absolute atomic E-state index is 0. The van der Waals surface area contributed by atoms with Gasteiger partial charge in [-0.2, -0.15) is 30.0 Å². The minimum atomic E-state index is 0. The summed E-state index contributed by atoms with van der Waals surface area (Å²) in [5, 5.41) is 0. The van der Waals surface area contributed by atoms with Gasteiger partial charge in [0.2, 0.25) is 0 Å². The van der Waals surface area contributed by atoms with E-state index in [2.05, 4.69) is 17.4 Å². The van der Waals surface area contributed by atoms with Crippen molar-refractivity contribution in [3.05, 3.63) is 60.9 Å². The Morgan fingerprint density at radius 1 is 1.00 bits per heavy atom. The average molecular weight is 281 g/mol. The third-order valence-corrected chi connectivity index (χ3v) is 2.33. The third-order valence-electron chi connectivity index (χ3n) is 2.33. The summed E-state index contributed by atoms with van der Waals surface area (Å²) in [7, 11) is 0. The Kier molecular flexibility index (Phi) is 3.52. The molecule has 0 spiro atoms. The SMILES string of the molecule is [Y].[c-]1ccccc1-n1[c-]nc2ccccc21. The van der Waals surface area contributed by atoms with Crippen LogP contribution in [0.3, 0.4) is 0 Å². The Labute approximate surface area is 119 Å². The first kappa shape index (κ1) is 11.5. The monoisotopic (exact) mass is 281 g/mol. The molecule has 2 nitrogen and oxygen atoms in total. The molecule has 0 aliphatic heterocycles. The summed E-state index contributed by atoms with van der Waals surface area (Å²) < 4.78 is 1.91. The Balaban J connectivity index is 0.000000963. The molecule has 1 heterocycles. The van der Waals surface area contributed by atoms with Gasteiger partial charge in [-0.1, -0.05) is 29.8 Å². The van der Waals surface area contributed by atoms with Crippen molar-refractivity contribution in [1.82, 2.24) is 9.55 Å². The largest absolute Gasteiger partial charge is 0.448 e. The van der Waals surface area contributed by atoms with Crippen molar-refractivity contribution in [2.75, 3.05) is 0 Å². The Morgan fingerprint density at radius 3 is 2.62 bits per heavy atom. The van der Waals surface area contributed by atoms with Gasteiger partial charge < -0.3 is 9.55 Å². The quantitative estimate of drug-likeness (QED) is 0.627. The maximum Gasteiger partial charge on any atom is 0.0401 e. The van der Waals surface area contributed by atoms with Crippen LogP contribution in [-0.4, -0.2) is 9.55 Å². The van der Waals surface area contributed by atoms with E-state index in [0.717, 1.165) is 16.7 Å². The van der Waals surface area contributed by atoms with Gasteiger partial charge in [-0.3, -0.25) is 0 Å². The van der Waals surface area contributed by atoms with Crippen LogP contribution in [0.15, 0.2) is 48.5 Å². The molecule has 16 heavy (non-hydrogen) atoms. The number of para-hydroxylation sites is 3. The smallest absolute Gasteiger partial charge is 0.0401 e. The van der Waals surface area contributed by atoms with E-state index in [0.29, 0.717) is 0 Å². The fourth-order valence-electron chi connectivity index (χ4n) is 1.61. The molecule has 3 heteroatoms. The zero-order valence-electron chi connectivity index (χ0n) is 8.59. The van der Waals surface area contributed by atoms with Gasteiger partial charge in [0.1, 0.15) is 0 Å². The van der Waals surface area contributed by atoms with Crippen molar-refractivity contribution in [2.45, 2.75) is 0 Å². The Morgan fingerprint density at radius 2 is 1.81 bits per heavy atom. The van der Waals surface area contributed by atoms with Gasteiger partial charge in [-0.15, -0.1) is 0 Å². The van der Waals surface area contributed by atoms with E-state index in [-0.39, 0.29) is 32.7 Å².